The van der Waals surface area contributed by atoms with Crippen LogP contribution < -0.4 is 5.32 Å². The minimum Gasteiger partial charge on any atom is -0.373 e. The maximum atomic E-state index is 4.63. The van der Waals surface area contributed by atoms with Crippen LogP contribution in [0.1, 0.15) is 48.4 Å². The predicted molar refractivity (Wildman–Crippen MR) is 80.5 cm³/mol. The standard InChI is InChI=1S/C13H20N2.C2H6.H2/c1-4-6-9-12-10-7-8-11(5-2)13(14-3)15-12;1-2;/h4,6-7,10,14H,5,8-9H2,1-3H3;1-2H3;1H/b6-4+;;. The Bertz CT molecular complexity index is 325. The summed E-state index contributed by atoms with van der Waals surface area (Å²) in [6, 6.07) is 0. The molecular weight excluding hydrogens is 208 g/mol. The summed E-state index contributed by atoms with van der Waals surface area (Å²) < 4.78 is 0. The molecule has 98 valence electrons. The molecular formula is C15H28N2. The van der Waals surface area contributed by atoms with E-state index >= 15 is 0 Å². The summed E-state index contributed by atoms with van der Waals surface area (Å²) in [7, 11) is 1.94. The second-order valence-corrected chi connectivity index (χ2v) is 3.54. The Morgan fingerprint density at radius 1 is 1.47 bits per heavy atom. The van der Waals surface area contributed by atoms with E-state index in [1.165, 1.54) is 5.57 Å². The van der Waals surface area contributed by atoms with Crippen LogP contribution in [-0.2, 0) is 0 Å². The Labute approximate surface area is 108 Å². The molecule has 2 heteroatoms. The third-order valence-corrected chi connectivity index (χ3v) is 2.49. The topological polar surface area (TPSA) is 24.4 Å². The van der Waals surface area contributed by atoms with Crippen molar-refractivity contribution in [3.63, 3.8) is 0 Å². The van der Waals surface area contributed by atoms with Gasteiger partial charge >= 0.3 is 0 Å². The minimum absolute atomic E-state index is 0. The zero-order valence-corrected chi connectivity index (χ0v) is 11.9. The summed E-state index contributed by atoms with van der Waals surface area (Å²) >= 11 is 0. The van der Waals surface area contributed by atoms with E-state index in [-0.39, 0.29) is 1.43 Å². The van der Waals surface area contributed by atoms with Crippen LogP contribution in [0.2, 0.25) is 0 Å². The van der Waals surface area contributed by atoms with Crippen molar-refractivity contribution < 1.29 is 1.43 Å². The van der Waals surface area contributed by atoms with Gasteiger partial charge in [0.1, 0.15) is 5.82 Å². The Kier molecular flexibility index (Phi) is 9.12. The monoisotopic (exact) mass is 236 g/mol. The van der Waals surface area contributed by atoms with Crippen molar-refractivity contribution in [3.05, 3.63) is 35.7 Å². The van der Waals surface area contributed by atoms with Crippen molar-refractivity contribution in [1.82, 2.24) is 5.32 Å². The molecule has 1 rings (SSSR count). The third kappa shape index (κ3) is 5.53. The molecule has 1 aliphatic rings. The van der Waals surface area contributed by atoms with Gasteiger partial charge in [0, 0.05) is 20.6 Å². The molecule has 0 aromatic heterocycles. The van der Waals surface area contributed by atoms with E-state index in [0.717, 1.165) is 30.8 Å². The van der Waals surface area contributed by atoms with Crippen LogP contribution in [0.4, 0.5) is 0 Å². The SMILES string of the molecule is C/C=C/CC1=NC(NC)=C(CC)CC=C1.CC.[HH]. The van der Waals surface area contributed by atoms with Gasteiger partial charge in [-0.15, -0.1) is 0 Å². The Morgan fingerprint density at radius 3 is 2.71 bits per heavy atom. The molecule has 0 saturated heterocycles. The Morgan fingerprint density at radius 2 is 2.18 bits per heavy atom. The van der Waals surface area contributed by atoms with E-state index in [1.54, 1.807) is 0 Å². The van der Waals surface area contributed by atoms with Crippen LogP contribution in [0.25, 0.3) is 0 Å². The summed E-state index contributed by atoms with van der Waals surface area (Å²) in [5.74, 6) is 1.04. The fraction of sp³-hybridized carbons (Fsp3) is 0.533. The number of rotatable bonds is 4. The quantitative estimate of drug-likeness (QED) is 0.716. The van der Waals surface area contributed by atoms with Gasteiger partial charge in [-0.2, -0.15) is 0 Å². The molecule has 17 heavy (non-hydrogen) atoms. The van der Waals surface area contributed by atoms with Gasteiger partial charge in [-0.25, -0.2) is 4.99 Å². The molecule has 1 aliphatic heterocycles. The smallest absolute Gasteiger partial charge is 0.125 e. The minimum atomic E-state index is 0. The molecule has 0 aromatic rings. The van der Waals surface area contributed by atoms with E-state index < -0.39 is 0 Å². The van der Waals surface area contributed by atoms with Crippen LogP contribution in [-0.4, -0.2) is 12.8 Å². The highest BCUT2D eigenvalue weighted by Crippen LogP contribution is 2.16. The number of nitrogens with one attached hydrogen (secondary N) is 1. The molecule has 0 saturated carbocycles. The van der Waals surface area contributed by atoms with Gasteiger partial charge < -0.3 is 5.32 Å². The zero-order chi connectivity index (χ0) is 13.1. The molecule has 1 N–H and O–H groups in total. The Balaban J connectivity index is 0. The lowest BCUT2D eigenvalue weighted by atomic mass is 10.1. The van der Waals surface area contributed by atoms with E-state index in [1.807, 2.05) is 27.8 Å². The third-order valence-electron chi connectivity index (χ3n) is 2.49. The van der Waals surface area contributed by atoms with E-state index in [9.17, 15) is 0 Å². The van der Waals surface area contributed by atoms with Crippen molar-refractivity contribution in [2.24, 2.45) is 4.99 Å². The fourth-order valence-electron chi connectivity index (χ4n) is 1.59. The molecule has 2 nitrogen and oxygen atoms in total. The second kappa shape index (κ2) is 9.88. The lowest BCUT2D eigenvalue weighted by Gasteiger charge is -2.06. The number of hydrogen-bond donors (Lipinski definition) is 1. The molecule has 1 heterocycles. The molecule has 0 spiro atoms. The van der Waals surface area contributed by atoms with Crippen molar-refractivity contribution >= 4 is 5.71 Å². The molecule has 0 aromatic carbocycles. The zero-order valence-electron chi connectivity index (χ0n) is 11.9. The second-order valence-electron chi connectivity index (χ2n) is 3.54. The highest BCUT2D eigenvalue weighted by atomic mass is 15.0. The van der Waals surface area contributed by atoms with Crippen molar-refractivity contribution in [3.8, 4) is 0 Å². The Hall–Kier alpha value is -1.31. The lowest BCUT2D eigenvalue weighted by molar-refractivity contribution is 0.881. The maximum Gasteiger partial charge on any atom is 0.125 e. The van der Waals surface area contributed by atoms with Crippen LogP contribution in [0.15, 0.2) is 40.7 Å². The summed E-state index contributed by atoms with van der Waals surface area (Å²) in [5.41, 5.74) is 2.50. The number of allylic oxidation sites excluding steroid dienone is 5. The molecule has 0 unspecified atom stereocenters. The van der Waals surface area contributed by atoms with Gasteiger partial charge in [-0.3, -0.25) is 0 Å². The van der Waals surface area contributed by atoms with E-state index in [4.69, 9.17) is 0 Å². The number of hydrogen-bond acceptors (Lipinski definition) is 2. The summed E-state index contributed by atoms with van der Waals surface area (Å²) in [6.07, 6.45) is 11.5. The molecule has 0 fully saturated rings. The molecule has 0 radical (unpaired) electrons. The molecule has 0 amide bonds. The fourth-order valence-corrected chi connectivity index (χ4v) is 1.59. The summed E-state index contributed by atoms with van der Waals surface area (Å²) in [6.45, 7) is 8.21. The predicted octanol–water partition coefficient (Wildman–Crippen LogP) is 4.47. The van der Waals surface area contributed by atoms with Gasteiger partial charge in [-0.05, 0) is 31.4 Å². The first-order valence-electron chi connectivity index (χ1n) is 6.56. The van der Waals surface area contributed by atoms with Gasteiger partial charge in [0.2, 0.25) is 0 Å². The summed E-state index contributed by atoms with van der Waals surface area (Å²) in [4.78, 5) is 4.63. The highest BCUT2D eigenvalue weighted by molar-refractivity contribution is 5.96. The molecule has 0 aliphatic carbocycles. The summed E-state index contributed by atoms with van der Waals surface area (Å²) in [5, 5.41) is 3.18. The van der Waals surface area contributed by atoms with Gasteiger partial charge in [0.25, 0.3) is 0 Å². The van der Waals surface area contributed by atoms with Crippen molar-refractivity contribution in [2.45, 2.75) is 47.0 Å². The van der Waals surface area contributed by atoms with Gasteiger partial charge in [-0.1, -0.05) is 39.0 Å². The van der Waals surface area contributed by atoms with E-state index in [2.05, 4.69) is 41.5 Å². The average Bonchev–Trinajstić information content (AvgIpc) is 2.60. The first kappa shape index (κ1) is 15.7. The lowest BCUT2D eigenvalue weighted by Crippen LogP contribution is -2.08. The van der Waals surface area contributed by atoms with Gasteiger partial charge in [0.15, 0.2) is 0 Å². The first-order chi connectivity index (χ1) is 8.31. The van der Waals surface area contributed by atoms with Crippen LogP contribution >= 0.6 is 0 Å². The first-order valence-corrected chi connectivity index (χ1v) is 6.56. The average molecular weight is 236 g/mol. The molecule has 0 atom stereocenters. The van der Waals surface area contributed by atoms with E-state index in [0.29, 0.717) is 0 Å². The van der Waals surface area contributed by atoms with Crippen molar-refractivity contribution in [2.75, 3.05) is 7.05 Å². The normalized spacial score (nSPS) is 15.2. The maximum absolute atomic E-state index is 4.63. The van der Waals surface area contributed by atoms with Gasteiger partial charge in [0.05, 0.1) is 0 Å². The van der Waals surface area contributed by atoms with Crippen molar-refractivity contribution in [1.29, 1.82) is 0 Å². The number of nitrogens with zero attached hydrogens (tertiary/aromatic N) is 1. The largest absolute Gasteiger partial charge is 0.373 e. The van der Waals surface area contributed by atoms with Crippen LogP contribution in [0, 0.1) is 0 Å². The van der Waals surface area contributed by atoms with Crippen LogP contribution in [0.5, 0.6) is 0 Å². The number of aliphatic imine (C=N–C) groups is 1. The van der Waals surface area contributed by atoms with Crippen LogP contribution in [0.3, 0.4) is 0 Å². The molecule has 0 bridgehead atoms. The highest BCUT2D eigenvalue weighted by Gasteiger charge is 2.05.